The average Bonchev–Trinajstić information content (AvgIpc) is 2.57. The topological polar surface area (TPSA) is 77.2 Å². The Bertz CT molecular complexity index is 612. The highest BCUT2D eigenvalue weighted by Gasteiger charge is 2.08. The molecule has 2 aromatic rings. The van der Waals surface area contributed by atoms with Gasteiger partial charge in [-0.05, 0) is 31.5 Å². The van der Waals surface area contributed by atoms with E-state index >= 15 is 0 Å². The van der Waals surface area contributed by atoms with Gasteiger partial charge in [0.25, 0.3) is 0 Å². The number of unbranched alkanes of at least 4 members (excludes halogenated alkanes) is 3. The fraction of sp³-hybridized carbons (Fsp3) is 0.333. The third kappa shape index (κ3) is 8.72. The number of para-hydroxylation sites is 1. The molecule has 0 aliphatic heterocycles. The molecule has 0 bridgehead atoms. The van der Waals surface area contributed by atoms with Crippen molar-refractivity contribution in [2.24, 2.45) is 5.73 Å². The number of benzene rings is 1. The van der Waals surface area contributed by atoms with Crippen LogP contribution in [-0.2, 0) is 4.79 Å². The molecule has 2 rings (SSSR count). The molecule has 0 spiro atoms. The van der Waals surface area contributed by atoms with Crippen LogP contribution in [0.4, 0.5) is 5.69 Å². The minimum absolute atomic E-state index is 0. The number of pyridine rings is 1. The van der Waals surface area contributed by atoms with E-state index in [9.17, 15) is 4.79 Å². The van der Waals surface area contributed by atoms with Gasteiger partial charge >= 0.3 is 0 Å². The molecule has 0 fully saturated rings. The lowest BCUT2D eigenvalue weighted by molar-refractivity contribution is -0.116. The second kappa shape index (κ2) is 13.5. The van der Waals surface area contributed by atoms with Crippen molar-refractivity contribution in [1.82, 2.24) is 4.98 Å². The van der Waals surface area contributed by atoms with Crippen molar-refractivity contribution in [2.45, 2.75) is 32.1 Å². The van der Waals surface area contributed by atoms with Gasteiger partial charge in [-0.1, -0.05) is 31.0 Å². The first-order chi connectivity index (χ1) is 11.3. The summed E-state index contributed by atoms with van der Waals surface area (Å²) in [5.74, 6) is 1.28. The molecule has 0 saturated carbocycles. The second-order valence-corrected chi connectivity index (χ2v) is 5.29. The summed E-state index contributed by atoms with van der Waals surface area (Å²) in [5.41, 5.74) is 6.04. The van der Waals surface area contributed by atoms with E-state index in [0.29, 0.717) is 24.4 Å². The monoisotopic (exact) mass is 385 g/mol. The summed E-state index contributed by atoms with van der Waals surface area (Å²) in [6.45, 7) is 0.710. The van der Waals surface area contributed by atoms with Crippen molar-refractivity contribution in [3.63, 3.8) is 0 Å². The summed E-state index contributed by atoms with van der Waals surface area (Å²) >= 11 is 0. The summed E-state index contributed by atoms with van der Waals surface area (Å²) < 4.78 is 5.80. The highest BCUT2D eigenvalue weighted by atomic mass is 35.5. The quantitative estimate of drug-likeness (QED) is 0.619. The van der Waals surface area contributed by atoms with E-state index in [-0.39, 0.29) is 30.7 Å². The minimum atomic E-state index is -0.0244. The molecule has 1 amide bonds. The molecular weight excluding hydrogens is 361 g/mol. The van der Waals surface area contributed by atoms with Crippen LogP contribution in [0.15, 0.2) is 48.8 Å². The summed E-state index contributed by atoms with van der Waals surface area (Å²) in [5, 5.41) is 2.87. The predicted molar refractivity (Wildman–Crippen MR) is 106 cm³/mol. The van der Waals surface area contributed by atoms with Gasteiger partial charge in [-0.15, -0.1) is 24.8 Å². The van der Waals surface area contributed by atoms with E-state index in [4.69, 9.17) is 10.5 Å². The first-order valence-corrected chi connectivity index (χ1v) is 7.96. The third-order valence-electron chi connectivity index (χ3n) is 3.38. The molecule has 1 aromatic heterocycles. The molecule has 7 heteroatoms. The van der Waals surface area contributed by atoms with Crippen LogP contribution in [0.2, 0.25) is 0 Å². The van der Waals surface area contributed by atoms with Gasteiger partial charge in [0, 0.05) is 18.7 Å². The molecular formula is C18H25Cl2N3O2. The number of anilines is 1. The standard InChI is InChI=1S/C18H23N3O2.2ClH/c19-12-7-2-1-6-10-18(22)21-16-14-20-13-11-17(16)23-15-8-4-3-5-9-15;;/h3-5,8-9,11,13-14H,1-2,6-7,10,12,19H2,(H,21,22);2*1H. The highest BCUT2D eigenvalue weighted by molar-refractivity contribution is 5.92. The number of hydrogen-bond acceptors (Lipinski definition) is 4. The molecule has 1 aromatic carbocycles. The van der Waals surface area contributed by atoms with E-state index in [2.05, 4.69) is 10.3 Å². The Morgan fingerprint density at radius 1 is 1.04 bits per heavy atom. The molecule has 0 aliphatic rings. The molecule has 0 atom stereocenters. The summed E-state index contributed by atoms with van der Waals surface area (Å²) in [7, 11) is 0. The first-order valence-electron chi connectivity index (χ1n) is 7.96. The van der Waals surface area contributed by atoms with Gasteiger partial charge in [0.15, 0.2) is 5.75 Å². The van der Waals surface area contributed by atoms with Crippen LogP contribution in [0.1, 0.15) is 32.1 Å². The summed E-state index contributed by atoms with van der Waals surface area (Å²) in [6.07, 6.45) is 7.69. The molecule has 0 unspecified atom stereocenters. The molecule has 0 saturated heterocycles. The lowest BCUT2D eigenvalue weighted by atomic mass is 10.1. The fourth-order valence-electron chi connectivity index (χ4n) is 2.18. The number of carbonyl (C=O) groups excluding carboxylic acids is 1. The number of rotatable bonds is 9. The number of amides is 1. The Balaban J connectivity index is 0.00000288. The van der Waals surface area contributed by atoms with Crippen LogP contribution in [-0.4, -0.2) is 17.4 Å². The Morgan fingerprint density at radius 3 is 2.48 bits per heavy atom. The maximum absolute atomic E-state index is 12.0. The SMILES string of the molecule is Cl.Cl.NCCCCCCC(=O)Nc1cnccc1Oc1ccccc1. The van der Waals surface area contributed by atoms with Crippen LogP contribution in [0.3, 0.4) is 0 Å². The number of nitrogens with two attached hydrogens (primary N) is 1. The average molecular weight is 386 g/mol. The van der Waals surface area contributed by atoms with Crippen molar-refractivity contribution in [3.05, 3.63) is 48.8 Å². The maximum atomic E-state index is 12.0. The van der Waals surface area contributed by atoms with Gasteiger partial charge in [0.05, 0.1) is 6.20 Å². The van der Waals surface area contributed by atoms with Crippen molar-refractivity contribution in [1.29, 1.82) is 0 Å². The number of halogens is 2. The number of ether oxygens (including phenoxy) is 1. The van der Waals surface area contributed by atoms with Gasteiger partial charge in [0.1, 0.15) is 11.4 Å². The van der Waals surface area contributed by atoms with E-state index in [1.807, 2.05) is 30.3 Å². The fourth-order valence-corrected chi connectivity index (χ4v) is 2.18. The number of carbonyl (C=O) groups is 1. The van der Waals surface area contributed by atoms with Crippen LogP contribution in [0.25, 0.3) is 0 Å². The second-order valence-electron chi connectivity index (χ2n) is 5.29. The normalized spacial score (nSPS) is 9.48. The maximum Gasteiger partial charge on any atom is 0.224 e. The zero-order valence-electron chi connectivity index (χ0n) is 14.0. The van der Waals surface area contributed by atoms with Gasteiger partial charge in [-0.25, -0.2) is 0 Å². The molecule has 1 heterocycles. The van der Waals surface area contributed by atoms with E-state index < -0.39 is 0 Å². The lowest BCUT2D eigenvalue weighted by Gasteiger charge is -2.11. The molecule has 3 N–H and O–H groups in total. The smallest absolute Gasteiger partial charge is 0.224 e. The summed E-state index contributed by atoms with van der Waals surface area (Å²) in [6, 6.07) is 11.2. The Labute approximate surface area is 161 Å². The number of nitrogens with one attached hydrogen (secondary N) is 1. The van der Waals surface area contributed by atoms with Gasteiger partial charge < -0.3 is 15.8 Å². The molecule has 138 valence electrons. The number of hydrogen-bond donors (Lipinski definition) is 2. The van der Waals surface area contributed by atoms with Gasteiger partial charge in [-0.3, -0.25) is 9.78 Å². The predicted octanol–water partition coefficient (Wildman–Crippen LogP) is 4.57. The molecule has 25 heavy (non-hydrogen) atoms. The van der Waals surface area contributed by atoms with E-state index in [1.165, 1.54) is 0 Å². The Hall–Kier alpha value is -1.82. The van der Waals surface area contributed by atoms with E-state index in [1.54, 1.807) is 18.5 Å². The van der Waals surface area contributed by atoms with Crippen molar-refractivity contribution < 1.29 is 9.53 Å². The van der Waals surface area contributed by atoms with Crippen molar-refractivity contribution in [2.75, 3.05) is 11.9 Å². The van der Waals surface area contributed by atoms with Crippen LogP contribution < -0.4 is 15.8 Å². The van der Waals surface area contributed by atoms with Crippen LogP contribution >= 0.6 is 24.8 Å². The number of aromatic nitrogens is 1. The number of nitrogens with zero attached hydrogens (tertiary/aromatic N) is 1. The Morgan fingerprint density at radius 2 is 1.76 bits per heavy atom. The van der Waals surface area contributed by atoms with Gasteiger partial charge in [-0.2, -0.15) is 0 Å². The zero-order valence-corrected chi connectivity index (χ0v) is 15.7. The summed E-state index contributed by atoms with van der Waals surface area (Å²) in [4.78, 5) is 16.1. The highest BCUT2D eigenvalue weighted by Crippen LogP contribution is 2.28. The van der Waals surface area contributed by atoms with Gasteiger partial charge in [0.2, 0.25) is 5.91 Å². The molecule has 0 radical (unpaired) electrons. The molecule has 5 nitrogen and oxygen atoms in total. The van der Waals surface area contributed by atoms with E-state index in [0.717, 1.165) is 31.4 Å². The van der Waals surface area contributed by atoms with Crippen LogP contribution in [0, 0.1) is 0 Å². The third-order valence-corrected chi connectivity index (χ3v) is 3.38. The lowest BCUT2D eigenvalue weighted by Crippen LogP contribution is -2.12. The van der Waals surface area contributed by atoms with Crippen molar-refractivity contribution in [3.8, 4) is 11.5 Å². The van der Waals surface area contributed by atoms with Crippen molar-refractivity contribution >= 4 is 36.4 Å². The van der Waals surface area contributed by atoms with Crippen LogP contribution in [0.5, 0.6) is 11.5 Å². The molecule has 0 aliphatic carbocycles. The largest absolute Gasteiger partial charge is 0.455 e. The minimum Gasteiger partial charge on any atom is -0.455 e. The first kappa shape index (κ1) is 23.2. The Kier molecular flexibility index (Phi) is 12.5. The zero-order chi connectivity index (χ0) is 16.3.